The Labute approximate surface area is 337 Å². The zero-order chi connectivity index (χ0) is 39.1. The molecule has 0 atom stereocenters. The number of nitrogens with zero attached hydrogens (tertiary/aromatic N) is 3. The monoisotopic (exact) mass is 864 g/mol. The Balaban J connectivity index is 0.000000197. The molecule has 0 saturated carbocycles. The van der Waals surface area contributed by atoms with Crippen molar-refractivity contribution in [1.82, 2.24) is 15.0 Å². The van der Waals surface area contributed by atoms with Gasteiger partial charge in [0.2, 0.25) is 0 Å². The molecule has 3 aromatic heterocycles. The third kappa shape index (κ3) is 9.32. The molecule has 4 N–H and O–H groups in total. The van der Waals surface area contributed by atoms with Gasteiger partial charge in [-0.2, -0.15) is 0 Å². The van der Waals surface area contributed by atoms with Crippen LogP contribution in [0.5, 0.6) is 46.0 Å². The number of nitrogen functional groups attached to an aromatic ring is 1. The van der Waals surface area contributed by atoms with E-state index < -0.39 is 6.03 Å². The van der Waals surface area contributed by atoms with E-state index in [1.54, 1.807) is 114 Å². The number of benzene rings is 4. The normalized spacial score (nSPS) is 10.6. The van der Waals surface area contributed by atoms with Crippen molar-refractivity contribution in [3.8, 4) is 46.0 Å². The van der Waals surface area contributed by atoms with Gasteiger partial charge in [0.15, 0.2) is 28.1 Å². The molecule has 0 bridgehead atoms. The van der Waals surface area contributed by atoms with Crippen LogP contribution in [0.3, 0.4) is 0 Å². The lowest BCUT2D eigenvalue weighted by Gasteiger charge is -2.13. The number of carbonyl (C=O) groups is 1. The first-order valence-corrected chi connectivity index (χ1v) is 18.4. The number of carbonyl (C=O) groups excluding carboxylic acids is 1. The summed E-state index contributed by atoms with van der Waals surface area (Å²) in [5.74, 6) is 4.64. The van der Waals surface area contributed by atoms with Crippen molar-refractivity contribution in [1.29, 1.82) is 0 Å². The number of nitrogens with one attached hydrogen (secondary N) is 2. The molecule has 7 rings (SSSR count). The zero-order valence-electron chi connectivity index (χ0n) is 29.5. The molecule has 0 unspecified atom stereocenters. The van der Waals surface area contributed by atoms with Crippen molar-refractivity contribution in [3.63, 3.8) is 0 Å². The van der Waals surface area contributed by atoms with Crippen LogP contribution in [0, 0.1) is 0 Å². The predicted molar refractivity (Wildman–Crippen MR) is 220 cm³/mol. The maximum Gasteiger partial charge on any atom is 0.325 e. The van der Waals surface area contributed by atoms with Gasteiger partial charge in [0, 0.05) is 47.4 Å². The summed E-state index contributed by atoms with van der Waals surface area (Å²) in [6.07, 6.45) is 4.92. The van der Waals surface area contributed by atoms with Gasteiger partial charge in [-0.15, -0.1) is 0 Å². The molecule has 0 spiro atoms. The van der Waals surface area contributed by atoms with Gasteiger partial charge in [-0.3, -0.25) is 15.3 Å². The molecule has 13 nitrogen and oxygen atoms in total. The van der Waals surface area contributed by atoms with Crippen LogP contribution in [0.4, 0.5) is 21.3 Å². The molecule has 0 radical (unpaired) electrons. The topological polar surface area (TPSA) is 161 Å². The molecule has 0 aliphatic heterocycles. The minimum absolute atomic E-state index is 0.315. The Morgan fingerprint density at radius 3 is 1.64 bits per heavy atom. The second-order valence-electron chi connectivity index (χ2n) is 11.1. The predicted octanol–water partition coefficient (Wildman–Crippen LogP) is 10.8. The van der Waals surface area contributed by atoms with E-state index in [0.29, 0.717) is 78.1 Å². The van der Waals surface area contributed by atoms with Crippen molar-refractivity contribution in [2.45, 2.75) is 0 Å². The van der Waals surface area contributed by atoms with E-state index >= 15 is 0 Å². The molecule has 0 aliphatic rings. The highest BCUT2D eigenvalue weighted by atomic mass is 79.9. The highest BCUT2D eigenvalue weighted by molar-refractivity contribution is 9.11. The van der Waals surface area contributed by atoms with Gasteiger partial charge < -0.3 is 39.5 Å². The zero-order valence-corrected chi connectivity index (χ0v) is 33.4. The Kier molecular flexibility index (Phi) is 12.5. The number of urea groups is 1. The number of thiazole rings is 1. The van der Waals surface area contributed by atoms with Crippen LogP contribution >= 0.6 is 50.5 Å². The summed E-state index contributed by atoms with van der Waals surface area (Å²) >= 11 is 17.0. The van der Waals surface area contributed by atoms with E-state index in [0.717, 1.165) is 20.1 Å². The number of methoxy groups -OCH3 is 4. The number of aromatic nitrogens is 3. The van der Waals surface area contributed by atoms with Gasteiger partial charge in [-0.25, -0.2) is 9.78 Å². The first kappa shape index (κ1) is 39.0. The lowest BCUT2D eigenvalue weighted by atomic mass is 10.2. The SMILES string of the molecule is COc1cc2nccc(Oc3ccc(N)c(Cl)c3)c2cc1OC.COc1cc2nccc(Oc3ccc(NC(=O)Nc4ncc(Br)s4)c(Cl)c3)c2cc1OC. The average molecular weight is 867 g/mol. The standard InChI is InChI=1S/C21H16BrClN4O4S.C17H15ClN2O3/c1-29-17-8-12-15(9-18(17)30-2)24-6-5-16(12)31-11-3-4-14(13(23)7-11)26-20(28)27-21-25-10-19(22)32-21;1-21-16-8-11-14(9-17(16)22-2)20-6-5-15(11)23-10-3-4-13(19)12(18)7-10/h3-10H,1-2H3,(H2,25,26,27,28);3-9H,19H2,1-2H3. The van der Waals surface area contributed by atoms with Crippen molar-refractivity contribution < 1.29 is 33.2 Å². The molecular formula is C38H31BrCl2N6O7S. The largest absolute Gasteiger partial charge is 0.493 e. The maximum absolute atomic E-state index is 12.2. The van der Waals surface area contributed by atoms with E-state index in [4.69, 9.17) is 57.4 Å². The molecule has 55 heavy (non-hydrogen) atoms. The van der Waals surface area contributed by atoms with Crippen LogP contribution in [0.25, 0.3) is 21.8 Å². The highest BCUT2D eigenvalue weighted by Gasteiger charge is 2.15. The third-order valence-corrected chi connectivity index (χ3v) is 9.76. The van der Waals surface area contributed by atoms with Crippen molar-refractivity contribution in [3.05, 3.63) is 105 Å². The van der Waals surface area contributed by atoms with Crippen LogP contribution in [0.1, 0.15) is 0 Å². The van der Waals surface area contributed by atoms with Crippen molar-refractivity contribution >= 4 is 94.8 Å². The Bertz CT molecular complexity index is 2510. The van der Waals surface area contributed by atoms with Crippen molar-refractivity contribution in [2.75, 3.05) is 44.8 Å². The van der Waals surface area contributed by atoms with Gasteiger partial charge in [0.1, 0.15) is 23.0 Å². The van der Waals surface area contributed by atoms with Crippen LogP contribution in [0.15, 0.2) is 95.2 Å². The molecule has 0 saturated heterocycles. The third-order valence-electron chi connectivity index (χ3n) is 7.73. The van der Waals surface area contributed by atoms with Gasteiger partial charge >= 0.3 is 6.03 Å². The van der Waals surface area contributed by atoms with E-state index in [1.165, 1.54) is 11.3 Å². The highest BCUT2D eigenvalue weighted by Crippen LogP contribution is 2.39. The molecule has 282 valence electrons. The second-order valence-corrected chi connectivity index (χ2v) is 14.4. The Hall–Kier alpha value is -5.74. The summed E-state index contributed by atoms with van der Waals surface area (Å²) in [6, 6.07) is 20.4. The van der Waals surface area contributed by atoms with Crippen LogP contribution < -0.4 is 44.8 Å². The fourth-order valence-electron chi connectivity index (χ4n) is 5.12. The molecule has 0 fully saturated rings. The van der Waals surface area contributed by atoms with Crippen LogP contribution in [-0.4, -0.2) is 49.4 Å². The molecule has 4 aromatic carbocycles. The smallest absolute Gasteiger partial charge is 0.325 e. The number of hydrogen-bond acceptors (Lipinski definition) is 12. The molecule has 7 aromatic rings. The number of amides is 2. The van der Waals surface area contributed by atoms with Gasteiger partial charge in [-0.1, -0.05) is 34.5 Å². The van der Waals surface area contributed by atoms with Crippen LogP contribution in [-0.2, 0) is 0 Å². The van der Waals surface area contributed by atoms with E-state index in [9.17, 15) is 4.79 Å². The first-order chi connectivity index (χ1) is 26.6. The molecule has 17 heteroatoms. The van der Waals surface area contributed by atoms with Gasteiger partial charge in [0.05, 0.1) is 70.9 Å². The lowest BCUT2D eigenvalue weighted by molar-refractivity contribution is 0.262. The number of anilines is 3. The number of pyridine rings is 2. The summed E-state index contributed by atoms with van der Waals surface area (Å²) in [7, 11) is 6.30. The Morgan fingerprint density at radius 2 is 1.16 bits per heavy atom. The summed E-state index contributed by atoms with van der Waals surface area (Å²) in [4.78, 5) is 24.9. The molecular weight excluding hydrogens is 835 g/mol. The van der Waals surface area contributed by atoms with E-state index in [2.05, 4.69) is 41.5 Å². The summed E-state index contributed by atoms with van der Waals surface area (Å²) < 4.78 is 34.1. The van der Waals surface area contributed by atoms with Gasteiger partial charge in [0.25, 0.3) is 0 Å². The minimum Gasteiger partial charge on any atom is -0.493 e. The van der Waals surface area contributed by atoms with Crippen LogP contribution in [0.2, 0.25) is 10.0 Å². The maximum atomic E-state index is 12.2. The molecule has 3 heterocycles. The second kappa shape index (κ2) is 17.6. The number of hydrogen-bond donors (Lipinski definition) is 3. The number of fused-ring (bicyclic) bond motifs is 2. The number of ether oxygens (including phenoxy) is 6. The van der Waals surface area contributed by atoms with Crippen molar-refractivity contribution in [2.24, 2.45) is 0 Å². The summed E-state index contributed by atoms with van der Waals surface area (Å²) in [5, 5.41) is 8.10. The molecule has 0 aliphatic carbocycles. The quantitative estimate of drug-likeness (QED) is 0.112. The minimum atomic E-state index is -0.455. The number of halogens is 3. The lowest BCUT2D eigenvalue weighted by Crippen LogP contribution is -2.19. The first-order valence-electron chi connectivity index (χ1n) is 16.0. The number of nitrogens with two attached hydrogens (primary N) is 1. The van der Waals surface area contributed by atoms with E-state index in [1.807, 2.05) is 6.07 Å². The molecule has 2 amide bonds. The fourth-order valence-corrected chi connectivity index (χ4v) is 6.61. The summed E-state index contributed by atoms with van der Waals surface area (Å²) in [5.41, 5.74) is 8.08. The number of rotatable bonds is 10. The fraction of sp³-hybridized carbons (Fsp3) is 0.105. The Morgan fingerprint density at radius 1 is 0.655 bits per heavy atom. The van der Waals surface area contributed by atoms with Gasteiger partial charge in [-0.05, 0) is 64.5 Å². The van der Waals surface area contributed by atoms with E-state index in [-0.39, 0.29) is 0 Å². The summed E-state index contributed by atoms with van der Waals surface area (Å²) in [6.45, 7) is 0. The average Bonchev–Trinajstić information content (AvgIpc) is 3.60.